The summed E-state index contributed by atoms with van der Waals surface area (Å²) in [4.78, 5) is 15.7. The maximum atomic E-state index is 12.9. The van der Waals surface area contributed by atoms with E-state index in [1.54, 1.807) is 7.11 Å². The Balaban J connectivity index is 1.36. The Morgan fingerprint density at radius 3 is 2.68 bits per heavy atom. The molecular weight excluding hydrogens is 422 g/mol. The summed E-state index contributed by atoms with van der Waals surface area (Å²) < 4.78 is 12.6. The highest BCUT2D eigenvalue weighted by molar-refractivity contribution is 5.82. The topological polar surface area (TPSA) is 38.8 Å². The lowest BCUT2D eigenvalue weighted by Crippen LogP contribution is -2.62. The minimum Gasteiger partial charge on any atom is -0.487 e. The maximum Gasteiger partial charge on any atom is 0.133 e. The van der Waals surface area contributed by atoms with Crippen molar-refractivity contribution in [2.45, 2.75) is 75.5 Å². The van der Waals surface area contributed by atoms with Crippen molar-refractivity contribution < 1.29 is 14.3 Å². The number of ketones is 1. The number of carbonyl (C=O) groups excluding carboxylic acids is 1. The molecule has 4 aliphatic rings. The average Bonchev–Trinajstić information content (AvgIpc) is 3.66. The fourth-order valence-corrected chi connectivity index (χ4v) is 7.43. The molecule has 3 aliphatic carbocycles. The van der Waals surface area contributed by atoms with Crippen LogP contribution in [0, 0.1) is 11.8 Å². The van der Waals surface area contributed by atoms with Crippen molar-refractivity contribution in [1.82, 2.24) is 4.90 Å². The van der Waals surface area contributed by atoms with E-state index in [1.807, 2.05) is 18.2 Å². The molecule has 2 unspecified atom stereocenters. The first-order chi connectivity index (χ1) is 16.6. The molecule has 2 saturated carbocycles. The van der Waals surface area contributed by atoms with Gasteiger partial charge in [-0.05, 0) is 74.6 Å². The van der Waals surface area contributed by atoms with Crippen LogP contribution in [0.15, 0.2) is 48.5 Å². The first kappa shape index (κ1) is 22.3. The van der Waals surface area contributed by atoms with E-state index < -0.39 is 0 Å². The van der Waals surface area contributed by atoms with Gasteiger partial charge < -0.3 is 9.47 Å². The van der Waals surface area contributed by atoms with Gasteiger partial charge >= 0.3 is 0 Å². The van der Waals surface area contributed by atoms with Crippen LogP contribution in [-0.2, 0) is 21.4 Å². The summed E-state index contributed by atoms with van der Waals surface area (Å²) in [6.07, 6.45) is 7.11. The number of Topliss-reactive ketones (excluding diaryl/α,β-unsaturated/α-hetero) is 1. The Bertz CT molecular complexity index is 1050. The second-order valence-electron chi connectivity index (χ2n) is 11.2. The van der Waals surface area contributed by atoms with E-state index in [1.165, 1.54) is 30.5 Å². The lowest BCUT2D eigenvalue weighted by molar-refractivity contribution is -0.127. The number of carbonyl (C=O) groups is 1. The smallest absolute Gasteiger partial charge is 0.133 e. The minimum absolute atomic E-state index is 0.0702. The van der Waals surface area contributed by atoms with E-state index in [9.17, 15) is 4.79 Å². The number of benzene rings is 2. The van der Waals surface area contributed by atoms with Crippen LogP contribution in [0.1, 0.15) is 68.2 Å². The summed E-state index contributed by atoms with van der Waals surface area (Å²) in [7, 11) is 1.76. The summed E-state index contributed by atoms with van der Waals surface area (Å²) in [5.74, 6) is 2.85. The van der Waals surface area contributed by atoms with E-state index >= 15 is 0 Å². The third kappa shape index (κ3) is 3.79. The number of hydrogen-bond acceptors (Lipinski definition) is 4. The molecule has 34 heavy (non-hydrogen) atoms. The highest BCUT2D eigenvalue weighted by Crippen LogP contribution is 2.57. The maximum absolute atomic E-state index is 12.9. The van der Waals surface area contributed by atoms with Crippen LogP contribution in [0.5, 0.6) is 5.75 Å². The van der Waals surface area contributed by atoms with Gasteiger partial charge in [-0.2, -0.15) is 0 Å². The predicted octanol–water partition coefficient (Wildman–Crippen LogP) is 5.49. The van der Waals surface area contributed by atoms with Gasteiger partial charge in [0, 0.05) is 43.5 Å². The van der Waals surface area contributed by atoms with Crippen LogP contribution in [0.25, 0.3) is 0 Å². The van der Waals surface area contributed by atoms with Crippen molar-refractivity contribution in [1.29, 1.82) is 0 Å². The molecule has 1 saturated heterocycles. The molecule has 3 fully saturated rings. The lowest BCUT2D eigenvalue weighted by Gasteiger charge is -2.59. The second-order valence-corrected chi connectivity index (χ2v) is 11.2. The molecule has 2 aromatic carbocycles. The molecule has 5 atom stereocenters. The highest BCUT2D eigenvalue weighted by Gasteiger charge is 2.57. The van der Waals surface area contributed by atoms with Gasteiger partial charge in [0.25, 0.3) is 0 Å². The summed E-state index contributed by atoms with van der Waals surface area (Å²) in [6, 6.07) is 17.5. The molecule has 6 rings (SSSR count). The molecule has 2 aromatic rings. The SMILES string of the molecule is COC(c1ccccc1)C(C)Oc1cccc2c1[C@]13CCN(CC4CC4)[C@H](C2)[C@@H]1CCC(=O)C3. The quantitative estimate of drug-likeness (QED) is 0.549. The van der Waals surface area contributed by atoms with Crippen molar-refractivity contribution in [3.8, 4) is 5.75 Å². The van der Waals surface area contributed by atoms with Crippen molar-refractivity contribution >= 4 is 5.78 Å². The molecule has 180 valence electrons. The Hall–Kier alpha value is -2.17. The molecule has 0 aromatic heterocycles. The summed E-state index contributed by atoms with van der Waals surface area (Å²) in [5.41, 5.74) is 3.79. The van der Waals surface area contributed by atoms with Crippen molar-refractivity contribution in [3.05, 3.63) is 65.2 Å². The molecule has 4 nitrogen and oxygen atoms in total. The zero-order chi connectivity index (χ0) is 23.3. The number of ether oxygens (including phenoxy) is 2. The molecular formula is C30H37NO3. The normalized spacial score (nSPS) is 30.2. The Labute approximate surface area is 203 Å². The number of hydrogen-bond donors (Lipinski definition) is 0. The van der Waals surface area contributed by atoms with E-state index in [4.69, 9.17) is 9.47 Å². The molecule has 0 spiro atoms. The molecule has 0 amide bonds. The van der Waals surface area contributed by atoms with Crippen LogP contribution in [0.2, 0.25) is 0 Å². The third-order valence-corrected chi connectivity index (χ3v) is 9.09. The third-order valence-electron chi connectivity index (χ3n) is 9.09. The van der Waals surface area contributed by atoms with Gasteiger partial charge in [0.15, 0.2) is 0 Å². The summed E-state index contributed by atoms with van der Waals surface area (Å²) in [5, 5.41) is 0. The average molecular weight is 460 g/mol. The molecule has 4 heteroatoms. The standard InChI is InChI=1S/C30H37NO3/c1-20(29(33-2)22-7-4-3-5-8-22)34-27-10-6-9-23-17-26-25-14-13-24(32)18-30(25,28(23)27)15-16-31(26)19-21-11-12-21/h3-10,20-21,25-26,29H,11-19H2,1-2H3/t20?,25-,26+,29?,30-/m0/s1. The van der Waals surface area contributed by atoms with Crippen LogP contribution in [0.3, 0.4) is 0 Å². The van der Waals surface area contributed by atoms with Gasteiger partial charge in [-0.25, -0.2) is 0 Å². The Morgan fingerprint density at radius 1 is 1.09 bits per heavy atom. The van der Waals surface area contributed by atoms with Crippen molar-refractivity contribution in [3.63, 3.8) is 0 Å². The van der Waals surface area contributed by atoms with E-state index in [2.05, 4.69) is 42.2 Å². The molecule has 0 N–H and O–H groups in total. The van der Waals surface area contributed by atoms with Crippen molar-refractivity contribution in [2.24, 2.45) is 11.8 Å². The number of rotatable bonds is 7. The van der Waals surface area contributed by atoms with Gasteiger partial charge in [0.1, 0.15) is 23.7 Å². The molecule has 0 radical (unpaired) electrons. The number of likely N-dealkylation sites (tertiary alicyclic amines) is 1. The summed E-state index contributed by atoms with van der Waals surface area (Å²) >= 11 is 0. The number of piperidine rings is 1. The second kappa shape index (κ2) is 8.80. The molecule has 1 heterocycles. The fourth-order valence-electron chi connectivity index (χ4n) is 7.43. The lowest BCUT2D eigenvalue weighted by atomic mass is 9.52. The summed E-state index contributed by atoms with van der Waals surface area (Å²) in [6.45, 7) is 4.46. The fraction of sp³-hybridized carbons (Fsp3) is 0.567. The van der Waals surface area contributed by atoms with Crippen LogP contribution in [0.4, 0.5) is 0 Å². The van der Waals surface area contributed by atoms with Gasteiger partial charge in [0.05, 0.1) is 0 Å². The van der Waals surface area contributed by atoms with Crippen molar-refractivity contribution in [2.75, 3.05) is 20.2 Å². The zero-order valence-electron chi connectivity index (χ0n) is 20.5. The monoisotopic (exact) mass is 459 g/mol. The molecule has 1 aliphatic heterocycles. The predicted molar refractivity (Wildman–Crippen MR) is 133 cm³/mol. The van der Waals surface area contributed by atoms with Gasteiger partial charge in [-0.15, -0.1) is 0 Å². The number of methoxy groups -OCH3 is 1. The largest absolute Gasteiger partial charge is 0.487 e. The Kier molecular flexibility index (Phi) is 5.77. The van der Waals surface area contributed by atoms with Gasteiger partial charge in [0.2, 0.25) is 0 Å². The number of nitrogens with zero attached hydrogens (tertiary/aromatic N) is 1. The minimum atomic E-state index is -0.143. The van der Waals surface area contributed by atoms with E-state index in [-0.39, 0.29) is 17.6 Å². The number of fused-ring (bicyclic) bond motifs is 1. The first-order valence-electron chi connectivity index (χ1n) is 13.2. The van der Waals surface area contributed by atoms with Gasteiger partial charge in [-0.3, -0.25) is 9.69 Å². The van der Waals surface area contributed by atoms with E-state index in [0.717, 1.165) is 49.5 Å². The Morgan fingerprint density at radius 2 is 1.91 bits per heavy atom. The van der Waals surface area contributed by atoms with E-state index in [0.29, 0.717) is 24.2 Å². The van der Waals surface area contributed by atoms with Gasteiger partial charge in [-0.1, -0.05) is 42.5 Å². The van der Waals surface area contributed by atoms with Crippen LogP contribution < -0.4 is 4.74 Å². The zero-order valence-corrected chi connectivity index (χ0v) is 20.5. The van der Waals surface area contributed by atoms with Crippen LogP contribution >= 0.6 is 0 Å². The first-order valence-corrected chi connectivity index (χ1v) is 13.2. The molecule has 2 bridgehead atoms. The van der Waals surface area contributed by atoms with Crippen LogP contribution in [-0.4, -0.2) is 43.0 Å². The highest BCUT2D eigenvalue weighted by atomic mass is 16.5.